The van der Waals surface area contributed by atoms with Crippen molar-refractivity contribution in [3.8, 4) is 0 Å². The van der Waals surface area contributed by atoms with Gasteiger partial charge in [0.1, 0.15) is 0 Å². The lowest BCUT2D eigenvalue weighted by atomic mass is 9.85. The minimum Gasteiger partial charge on any atom is -0.388 e. The molecule has 0 saturated carbocycles. The summed E-state index contributed by atoms with van der Waals surface area (Å²) in [5, 5.41) is 14.0. The smallest absolute Gasteiger partial charge is 0.0819 e. The highest BCUT2D eigenvalue weighted by Crippen LogP contribution is 2.37. The molecule has 3 atom stereocenters. The topological polar surface area (TPSA) is 32.3 Å². The molecule has 0 aliphatic carbocycles. The van der Waals surface area contributed by atoms with Crippen LogP contribution in [0.25, 0.3) is 0 Å². The van der Waals surface area contributed by atoms with E-state index in [0.717, 1.165) is 18.4 Å². The van der Waals surface area contributed by atoms with Crippen LogP contribution < -0.4 is 5.32 Å². The molecule has 3 rings (SSSR count). The first-order chi connectivity index (χ1) is 7.83. The van der Waals surface area contributed by atoms with Crippen LogP contribution in [0.3, 0.4) is 0 Å². The van der Waals surface area contributed by atoms with E-state index in [-0.39, 0.29) is 6.10 Å². The Morgan fingerprint density at radius 2 is 1.69 bits per heavy atom. The summed E-state index contributed by atoms with van der Waals surface area (Å²) in [6.07, 6.45) is 4.58. The van der Waals surface area contributed by atoms with Crippen molar-refractivity contribution in [3.05, 3.63) is 35.9 Å². The average molecular weight is 217 g/mol. The predicted molar refractivity (Wildman–Crippen MR) is 64.1 cm³/mol. The van der Waals surface area contributed by atoms with Gasteiger partial charge < -0.3 is 10.4 Å². The molecule has 2 aliphatic heterocycles. The van der Waals surface area contributed by atoms with Gasteiger partial charge in [-0.1, -0.05) is 30.3 Å². The molecule has 3 unspecified atom stereocenters. The highest BCUT2D eigenvalue weighted by atomic mass is 16.3. The lowest BCUT2D eigenvalue weighted by Gasteiger charge is -2.32. The normalized spacial score (nSPS) is 34.9. The Hall–Kier alpha value is -0.860. The van der Waals surface area contributed by atoms with E-state index in [0.29, 0.717) is 18.0 Å². The molecule has 1 aromatic carbocycles. The van der Waals surface area contributed by atoms with Crippen LogP contribution in [0.5, 0.6) is 0 Å². The zero-order valence-electron chi connectivity index (χ0n) is 9.47. The summed E-state index contributed by atoms with van der Waals surface area (Å²) in [5.41, 5.74) is 1.08. The lowest BCUT2D eigenvalue weighted by molar-refractivity contribution is 0.0760. The van der Waals surface area contributed by atoms with Gasteiger partial charge in [-0.05, 0) is 37.2 Å². The first kappa shape index (κ1) is 10.3. The Morgan fingerprint density at radius 3 is 2.31 bits per heavy atom. The molecule has 2 N–H and O–H groups in total. The van der Waals surface area contributed by atoms with E-state index in [1.807, 2.05) is 30.3 Å². The molecule has 2 bridgehead atoms. The summed E-state index contributed by atoms with van der Waals surface area (Å²) >= 11 is 0. The molecule has 2 nitrogen and oxygen atoms in total. The maximum Gasteiger partial charge on any atom is 0.0819 e. The van der Waals surface area contributed by atoms with Crippen molar-refractivity contribution in [1.29, 1.82) is 0 Å². The van der Waals surface area contributed by atoms with E-state index in [9.17, 15) is 5.11 Å². The molecule has 0 radical (unpaired) electrons. The van der Waals surface area contributed by atoms with Crippen LogP contribution in [-0.4, -0.2) is 17.2 Å². The van der Waals surface area contributed by atoms with Crippen LogP contribution in [0.15, 0.2) is 30.3 Å². The fourth-order valence-corrected chi connectivity index (χ4v) is 3.28. The standard InChI is InChI=1S/C14H19NO/c16-14(10-4-2-1-3-5-10)11-8-12-6-7-13(9-11)15-12/h1-5,11-16H,6-9H2. The van der Waals surface area contributed by atoms with Crippen LogP contribution in [-0.2, 0) is 0 Å². The van der Waals surface area contributed by atoms with Crippen LogP contribution >= 0.6 is 0 Å². The number of fused-ring (bicyclic) bond motifs is 2. The zero-order valence-corrected chi connectivity index (χ0v) is 9.47. The van der Waals surface area contributed by atoms with Gasteiger partial charge in [0, 0.05) is 12.1 Å². The number of aliphatic hydroxyl groups excluding tert-OH is 1. The first-order valence-corrected chi connectivity index (χ1v) is 6.32. The summed E-state index contributed by atoms with van der Waals surface area (Å²) in [6, 6.07) is 11.4. The third-order valence-corrected chi connectivity index (χ3v) is 4.10. The first-order valence-electron chi connectivity index (χ1n) is 6.32. The summed E-state index contributed by atoms with van der Waals surface area (Å²) in [4.78, 5) is 0. The van der Waals surface area contributed by atoms with Gasteiger partial charge in [-0.15, -0.1) is 0 Å². The number of benzene rings is 1. The van der Waals surface area contributed by atoms with Crippen LogP contribution in [0.2, 0.25) is 0 Å². The van der Waals surface area contributed by atoms with Crippen molar-refractivity contribution in [2.75, 3.05) is 0 Å². The van der Waals surface area contributed by atoms with Crippen molar-refractivity contribution >= 4 is 0 Å². The number of aliphatic hydroxyl groups is 1. The minimum absolute atomic E-state index is 0.272. The summed E-state index contributed by atoms with van der Waals surface area (Å²) in [6.45, 7) is 0. The Kier molecular flexibility index (Phi) is 2.70. The highest BCUT2D eigenvalue weighted by Gasteiger charge is 2.36. The molecule has 0 amide bonds. The van der Waals surface area contributed by atoms with Gasteiger partial charge in [0.25, 0.3) is 0 Å². The molecule has 2 fully saturated rings. The molecule has 2 heteroatoms. The fraction of sp³-hybridized carbons (Fsp3) is 0.571. The van der Waals surface area contributed by atoms with Crippen molar-refractivity contribution in [3.63, 3.8) is 0 Å². The van der Waals surface area contributed by atoms with E-state index < -0.39 is 0 Å². The molecule has 1 aromatic rings. The van der Waals surface area contributed by atoms with Gasteiger partial charge in [-0.3, -0.25) is 0 Å². The van der Waals surface area contributed by atoms with Gasteiger partial charge >= 0.3 is 0 Å². The lowest BCUT2D eigenvalue weighted by Crippen LogP contribution is -2.39. The Balaban J connectivity index is 1.73. The quantitative estimate of drug-likeness (QED) is 0.796. The maximum absolute atomic E-state index is 10.4. The third-order valence-electron chi connectivity index (χ3n) is 4.10. The van der Waals surface area contributed by atoms with E-state index in [4.69, 9.17) is 0 Å². The second-order valence-electron chi connectivity index (χ2n) is 5.22. The number of hydrogen-bond donors (Lipinski definition) is 2. The second-order valence-corrected chi connectivity index (χ2v) is 5.22. The Bertz CT molecular complexity index is 339. The molecular formula is C14H19NO. The van der Waals surface area contributed by atoms with E-state index in [1.165, 1.54) is 12.8 Å². The van der Waals surface area contributed by atoms with E-state index in [2.05, 4.69) is 5.32 Å². The third kappa shape index (κ3) is 1.87. The van der Waals surface area contributed by atoms with Crippen LogP contribution in [0, 0.1) is 5.92 Å². The van der Waals surface area contributed by atoms with E-state index >= 15 is 0 Å². The molecular weight excluding hydrogens is 198 g/mol. The largest absolute Gasteiger partial charge is 0.388 e. The average Bonchev–Trinajstić information content (AvgIpc) is 2.68. The number of rotatable bonds is 2. The van der Waals surface area contributed by atoms with Crippen molar-refractivity contribution in [1.82, 2.24) is 5.32 Å². The van der Waals surface area contributed by atoms with Crippen molar-refractivity contribution in [2.45, 2.75) is 43.9 Å². The fourth-order valence-electron chi connectivity index (χ4n) is 3.28. The maximum atomic E-state index is 10.4. The SMILES string of the molecule is OC(c1ccccc1)C1CC2CCC(C1)N2. The zero-order chi connectivity index (χ0) is 11.0. The van der Waals surface area contributed by atoms with Gasteiger partial charge in [0.15, 0.2) is 0 Å². The Labute approximate surface area is 96.7 Å². The molecule has 2 heterocycles. The van der Waals surface area contributed by atoms with Gasteiger partial charge in [0.05, 0.1) is 6.10 Å². The van der Waals surface area contributed by atoms with Crippen molar-refractivity contribution in [2.24, 2.45) is 5.92 Å². The Morgan fingerprint density at radius 1 is 1.06 bits per heavy atom. The number of piperidine rings is 1. The van der Waals surface area contributed by atoms with Gasteiger partial charge in [-0.25, -0.2) is 0 Å². The monoisotopic (exact) mass is 217 g/mol. The number of nitrogens with one attached hydrogen (secondary N) is 1. The predicted octanol–water partition coefficient (Wildman–Crippen LogP) is 2.25. The summed E-state index contributed by atoms with van der Waals surface area (Å²) in [5.74, 6) is 0.446. The van der Waals surface area contributed by atoms with E-state index in [1.54, 1.807) is 0 Å². The van der Waals surface area contributed by atoms with Crippen LogP contribution in [0.1, 0.15) is 37.4 Å². The highest BCUT2D eigenvalue weighted by molar-refractivity contribution is 5.18. The molecule has 16 heavy (non-hydrogen) atoms. The molecule has 0 aromatic heterocycles. The minimum atomic E-state index is -0.272. The van der Waals surface area contributed by atoms with Gasteiger partial charge in [0.2, 0.25) is 0 Å². The molecule has 2 aliphatic rings. The summed E-state index contributed by atoms with van der Waals surface area (Å²) < 4.78 is 0. The number of hydrogen-bond acceptors (Lipinski definition) is 2. The molecule has 2 saturated heterocycles. The molecule has 86 valence electrons. The second kappa shape index (κ2) is 4.19. The van der Waals surface area contributed by atoms with Gasteiger partial charge in [-0.2, -0.15) is 0 Å². The molecule has 0 spiro atoms. The van der Waals surface area contributed by atoms with Crippen molar-refractivity contribution < 1.29 is 5.11 Å². The summed E-state index contributed by atoms with van der Waals surface area (Å²) in [7, 11) is 0. The van der Waals surface area contributed by atoms with Crippen LogP contribution in [0.4, 0.5) is 0 Å².